The van der Waals surface area contributed by atoms with Crippen molar-refractivity contribution in [1.82, 2.24) is 15.3 Å². The van der Waals surface area contributed by atoms with Crippen LogP contribution < -0.4 is 10.2 Å². The zero-order valence-corrected chi connectivity index (χ0v) is 10.6. The lowest BCUT2D eigenvalue weighted by atomic mass is 10.2. The van der Waals surface area contributed by atoms with Crippen molar-refractivity contribution in [2.75, 3.05) is 18.0 Å². The molecule has 2 aliphatic heterocycles. The Balaban J connectivity index is 1.95. The maximum atomic E-state index is 6.01. The maximum absolute atomic E-state index is 6.01. The van der Waals surface area contributed by atoms with Gasteiger partial charge in [-0.15, -0.1) is 0 Å². The second-order valence-corrected chi connectivity index (χ2v) is 5.08. The maximum Gasteiger partial charge on any atom is 0.224 e. The molecule has 0 atom stereocenters. The van der Waals surface area contributed by atoms with Crippen molar-refractivity contribution < 1.29 is 0 Å². The van der Waals surface area contributed by atoms with Gasteiger partial charge in [-0.25, -0.2) is 9.97 Å². The minimum Gasteiger partial charge on any atom is -0.356 e. The zero-order valence-electron chi connectivity index (χ0n) is 9.88. The van der Waals surface area contributed by atoms with Gasteiger partial charge in [0, 0.05) is 31.7 Å². The molecule has 0 bridgehead atoms. The first-order chi connectivity index (χ1) is 8.34. The topological polar surface area (TPSA) is 41.1 Å². The number of hydrogen-bond donors (Lipinski definition) is 1. The van der Waals surface area contributed by atoms with E-state index in [2.05, 4.69) is 20.2 Å². The van der Waals surface area contributed by atoms with Crippen LogP contribution in [0.4, 0.5) is 5.82 Å². The number of aromatic nitrogens is 2. The SMILES string of the molecule is Clc1nc2c(c(N3CCCCCC3)n1)CNC2. The summed E-state index contributed by atoms with van der Waals surface area (Å²) in [6.45, 7) is 3.89. The fraction of sp³-hybridized carbons (Fsp3) is 0.667. The summed E-state index contributed by atoms with van der Waals surface area (Å²) >= 11 is 6.01. The van der Waals surface area contributed by atoms with E-state index < -0.39 is 0 Å². The standard InChI is InChI=1S/C12H17ClN4/c13-12-15-10-8-14-7-9(10)11(16-12)17-5-3-1-2-4-6-17/h14H,1-8H2. The number of anilines is 1. The van der Waals surface area contributed by atoms with Crippen molar-refractivity contribution in [2.24, 2.45) is 0 Å². The number of fused-ring (bicyclic) bond motifs is 1. The number of nitrogens with zero attached hydrogens (tertiary/aromatic N) is 3. The van der Waals surface area contributed by atoms with Crippen molar-refractivity contribution >= 4 is 17.4 Å². The average molecular weight is 253 g/mol. The highest BCUT2D eigenvalue weighted by atomic mass is 35.5. The van der Waals surface area contributed by atoms with Crippen molar-refractivity contribution in [3.8, 4) is 0 Å². The van der Waals surface area contributed by atoms with Gasteiger partial charge in [0.25, 0.3) is 0 Å². The average Bonchev–Trinajstić information content (AvgIpc) is 2.62. The highest BCUT2D eigenvalue weighted by molar-refractivity contribution is 6.28. The van der Waals surface area contributed by atoms with Crippen molar-refractivity contribution in [1.29, 1.82) is 0 Å². The van der Waals surface area contributed by atoms with Crippen LogP contribution in [0.15, 0.2) is 0 Å². The van der Waals surface area contributed by atoms with Crippen molar-refractivity contribution in [3.05, 3.63) is 16.5 Å². The number of hydrogen-bond acceptors (Lipinski definition) is 4. The van der Waals surface area contributed by atoms with Crippen molar-refractivity contribution in [3.63, 3.8) is 0 Å². The predicted molar refractivity (Wildman–Crippen MR) is 68.3 cm³/mol. The second-order valence-electron chi connectivity index (χ2n) is 4.75. The van der Waals surface area contributed by atoms with E-state index in [-0.39, 0.29) is 0 Å². The van der Waals surface area contributed by atoms with Crippen LogP contribution in [0.2, 0.25) is 5.28 Å². The molecule has 0 radical (unpaired) electrons. The monoisotopic (exact) mass is 252 g/mol. The number of nitrogens with one attached hydrogen (secondary N) is 1. The van der Waals surface area contributed by atoms with E-state index in [0.29, 0.717) is 5.28 Å². The molecule has 17 heavy (non-hydrogen) atoms. The smallest absolute Gasteiger partial charge is 0.224 e. The van der Waals surface area contributed by atoms with Gasteiger partial charge in [0.05, 0.1) is 5.69 Å². The van der Waals surface area contributed by atoms with Crippen LogP contribution in [0.1, 0.15) is 36.9 Å². The van der Waals surface area contributed by atoms with E-state index in [4.69, 9.17) is 11.6 Å². The highest BCUT2D eigenvalue weighted by Gasteiger charge is 2.22. The summed E-state index contributed by atoms with van der Waals surface area (Å²) < 4.78 is 0. The van der Waals surface area contributed by atoms with Crippen LogP contribution in [0, 0.1) is 0 Å². The molecule has 1 N–H and O–H groups in total. The molecule has 0 unspecified atom stereocenters. The molecule has 0 spiro atoms. The quantitative estimate of drug-likeness (QED) is 0.778. The molecule has 0 aromatic carbocycles. The van der Waals surface area contributed by atoms with E-state index in [0.717, 1.165) is 37.7 Å². The van der Waals surface area contributed by atoms with E-state index in [1.165, 1.54) is 31.2 Å². The molecular formula is C12H17ClN4. The Labute approximate surface area is 106 Å². The van der Waals surface area contributed by atoms with E-state index in [1.807, 2.05) is 0 Å². The van der Waals surface area contributed by atoms with Crippen LogP contribution in [0.25, 0.3) is 0 Å². The first kappa shape index (κ1) is 11.2. The molecule has 3 heterocycles. The lowest BCUT2D eigenvalue weighted by molar-refractivity contribution is 0.726. The molecule has 1 fully saturated rings. The van der Waals surface area contributed by atoms with E-state index >= 15 is 0 Å². The Morgan fingerprint density at radius 1 is 1.00 bits per heavy atom. The molecule has 0 aliphatic carbocycles. The van der Waals surface area contributed by atoms with Gasteiger partial charge in [0.15, 0.2) is 0 Å². The van der Waals surface area contributed by atoms with Gasteiger partial charge in [-0.1, -0.05) is 12.8 Å². The molecule has 92 valence electrons. The Morgan fingerprint density at radius 3 is 2.53 bits per heavy atom. The van der Waals surface area contributed by atoms with Gasteiger partial charge in [0.1, 0.15) is 5.82 Å². The van der Waals surface area contributed by atoms with Gasteiger partial charge in [-0.2, -0.15) is 0 Å². The van der Waals surface area contributed by atoms with Gasteiger partial charge in [-0.05, 0) is 24.4 Å². The van der Waals surface area contributed by atoms with Gasteiger partial charge in [-0.3, -0.25) is 0 Å². The fourth-order valence-corrected chi connectivity index (χ4v) is 2.85. The fourth-order valence-electron chi connectivity index (χ4n) is 2.67. The van der Waals surface area contributed by atoms with Gasteiger partial charge in [0.2, 0.25) is 5.28 Å². The third-order valence-corrected chi connectivity index (χ3v) is 3.71. The lowest BCUT2D eigenvalue weighted by Gasteiger charge is -2.23. The first-order valence-corrected chi connectivity index (χ1v) is 6.73. The first-order valence-electron chi connectivity index (χ1n) is 6.35. The van der Waals surface area contributed by atoms with E-state index in [9.17, 15) is 0 Å². The second kappa shape index (κ2) is 4.78. The lowest BCUT2D eigenvalue weighted by Crippen LogP contribution is -2.26. The normalized spacial score (nSPS) is 20.2. The minimum atomic E-state index is 0.381. The molecule has 0 amide bonds. The molecular weight excluding hydrogens is 236 g/mol. The van der Waals surface area contributed by atoms with Crippen LogP contribution in [0.5, 0.6) is 0 Å². The Bertz CT molecular complexity index is 413. The third kappa shape index (κ3) is 2.24. The molecule has 2 aliphatic rings. The molecule has 3 rings (SSSR count). The van der Waals surface area contributed by atoms with Crippen LogP contribution >= 0.6 is 11.6 Å². The van der Waals surface area contributed by atoms with E-state index in [1.54, 1.807) is 0 Å². The van der Waals surface area contributed by atoms with Crippen LogP contribution in [-0.2, 0) is 13.1 Å². The van der Waals surface area contributed by atoms with Crippen molar-refractivity contribution in [2.45, 2.75) is 38.8 Å². The summed E-state index contributed by atoms with van der Waals surface area (Å²) in [7, 11) is 0. The Kier molecular flexibility index (Phi) is 3.16. The zero-order chi connectivity index (χ0) is 11.7. The molecule has 1 saturated heterocycles. The molecule has 4 nitrogen and oxygen atoms in total. The predicted octanol–water partition coefficient (Wildman–Crippen LogP) is 2.11. The summed E-state index contributed by atoms with van der Waals surface area (Å²) in [5.74, 6) is 1.06. The highest BCUT2D eigenvalue weighted by Crippen LogP contribution is 2.27. The van der Waals surface area contributed by atoms with Crippen LogP contribution in [-0.4, -0.2) is 23.1 Å². The van der Waals surface area contributed by atoms with Gasteiger partial charge >= 0.3 is 0 Å². The largest absolute Gasteiger partial charge is 0.356 e. The molecule has 1 aromatic heterocycles. The summed E-state index contributed by atoms with van der Waals surface area (Å²) in [6, 6.07) is 0. The molecule has 1 aromatic rings. The molecule has 0 saturated carbocycles. The van der Waals surface area contributed by atoms with Gasteiger partial charge < -0.3 is 10.2 Å². The Hall–Kier alpha value is -0.870. The number of rotatable bonds is 1. The molecule has 5 heteroatoms. The Morgan fingerprint density at radius 2 is 1.76 bits per heavy atom. The summed E-state index contributed by atoms with van der Waals surface area (Å²) in [6.07, 6.45) is 5.17. The number of halogens is 1. The summed E-state index contributed by atoms with van der Waals surface area (Å²) in [4.78, 5) is 11.1. The third-order valence-electron chi connectivity index (χ3n) is 3.54. The minimum absolute atomic E-state index is 0.381. The van der Waals surface area contributed by atoms with Crippen LogP contribution in [0.3, 0.4) is 0 Å². The summed E-state index contributed by atoms with van der Waals surface area (Å²) in [5, 5.41) is 3.70. The summed E-state index contributed by atoms with van der Waals surface area (Å²) in [5.41, 5.74) is 2.32.